The monoisotopic (exact) mass is 249 g/mol. The highest BCUT2D eigenvalue weighted by Crippen LogP contribution is 2.21. The van der Waals surface area contributed by atoms with Gasteiger partial charge in [-0.2, -0.15) is 0 Å². The minimum absolute atomic E-state index is 0.947. The van der Waals surface area contributed by atoms with Crippen molar-refractivity contribution >= 4 is 5.69 Å². The Morgan fingerprint density at radius 3 is 2.78 bits per heavy atom. The number of hydrogen-bond acceptors (Lipinski definition) is 4. The molecular formula is C14H23N3O. The number of piperazine rings is 1. The highest BCUT2D eigenvalue weighted by Gasteiger charge is 2.08. The molecule has 0 radical (unpaired) electrons. The Morgan fingerprint density at radius 1 is 1.33 bits per heavy atom. The number of aryl methyl sites for hydroxylation is 1. The van der Waals surface area contributed by atoms with E-state index in [0.29, 0.717) is 0 Å². The van der Waals surface area contributed by atoms with Crippen molar-refractivity contribution in [1.29, 1.82) is 0 Å². The summed E-state index contributed by atoms with van der Waals surface area (Å²) < 4.78 is 5.26. The largest absolute Gasteiger partial charge is 0.496 e. The molecule has 1 aromatic rings. The Labute approximate surface area is 109 Å². The van der Waals surface area contributed by atoms with Crippen LogP contribution in [0.25, 0.3) is 0 Å². The number of nitrogens with one attached hydrogen (secondary N) is 2. The first-order valence-corrected chi connectivity index (χ1v) is 6.61. The maximum absolute atomic E-state index is 5.26. The lowest BCUT2D eigenvalue weighted by atomic mass is 10.2. The van der Waals surface area contributed by atoms with Gasteiger partial charge in [0.25, 0.3) is 0 Å². The van der Waals surface area contributed by atoms with Crippen molar-refractivity contribution in [3.8, 4) is 5.75 Å². The molecule has 0 saturated carbocycles. The van der Waals surface area contributed by atoms with Gasteiger partial charge in [0.1, 0.15) is 5.75 Å². The van der Waals surface area contributed by atoms with Gasteiger partial charge in [0.05, 0.1) is 7.11 Å². The number of methoxy groups -OCH3 is 1. The number of benzene rings is 1. The normalized spacial score (nSPS) is 16.6. The fourth-order valence-electron chi connectivity index (χ4n) is 2.28. The van der Waals surface area contributed by atoms with Gasteiger partial charge >= 0.3 is 0 Å². The minimum atomic E-state index is 0.947. The molecule has 1 aliphatic rings. The van der Waals surface area contributed by atoms with Gasteiger partial charge in [0.15, 0.2) is 0 Å². The Hall–Kier alpha value is -1.26. The van der Waals surface area contributed by atoms with Crippen LogP contribution in [0.5, 0.6) is 5.75 Å². The summed E-state index contributed by atoms with van der Waals surface area (Å²) in [5.74, 6) is 0.947. The average molecular weight is 249 g/mol. The molecule has 18 heavy (non-hydrogen) atoms. The Morgan fingerprint density at radius 2 is 2.11 bits per heavy atom. The molecule has 1 aromatic carbocycles. The zero-order valence-corrected chi connectivity index (χ0v) is 11.3. The molecule has 1 heterocycles. The summed E-state index contributed by atoms with van der Waals surface area (Å²) in [5.41, 5.74) is 2.34. The van der Waals surface area contributed by atoms with Crippen LogP contribution in [0.4, 0.5) is 5.69 Å². The van der Waals surface area contributed by atoms with E-state index in [-0.39, 0.29) is 0 Å². The molecule has 0 atom stereocenters. The van der Waals surface area contributed by atoms with Crippen LogP contribution in [0.2, 0.25) is 0 Å². The molecule has 0 amide bonds. The molecule has 2 rings (SSSR count). The van der Waals surface area contributed by atoms with Crippen molar-refractivity contribution < 1.29 is 4.74 Å². The fraction of sp³-hybridized carbons (Fsp3) is 0.571. The van der Waals surface area contributed by atoms with E-state index in [1.807, 2.05) is 6.07 Å². The predicted octanol–water partition coefficient (Wildman–Crippen LogP) is 1.32. The van der Waals surface area contributed by atoms with Crippen molar-refractivity contribution in [3.63, 3.8) is 0 Å². The maximum Gasteiger partial charge on any atom is 0.121 e. The topological polar surface area (TPSA) is 36.5 Å². The van der Waals surface area contributed by atoms with Crippen LogP contribution in [0, 0.1) is 6.92 Å². The van der Waals surface area contributed by atoms with E-state index in [4.69, 9.17) is 4.74 Å². The molecule has 1 aliphatic heterocycles. The smallest absolute Gasteiger partial charge is 0.121 e. The molecule has 0 unspecified atom stereocenters. The highest BCUT2D eigenvalue weighted by atomic mass is 16.5. The summed E-state index contributed by atoms with van der Waals surface area (Å²) >= 11 is 0. The first-order valence-electron chi connectivity index (χ1n) is 6.61. The molecule has 0 bridgehead atoms. The third-order valence-electron chi connectivity index (χ3n) is 3.36. The highest BCUT2D eigenvalue weighted by molar-refractivity contribution is 5.50. The summed E-state index contributed by atoms with van der Waals surface area (Å²) in [7, 11) is 1.71. The summed E-state index contributed by atoms with van der Waals surface area (Å²) in [4.78, 5) is 2.49. The van der Waals surface area contributed by atoms with E-state index in [1.165, 1.54) is 11.3 Å². The number of rotatable bonds is 5. The predicted molar refractivity (Wildman–Crippen MR) is 75.5 cm³/mol. The molecule has 4 heteroatoms. The van der Waals surface area contributed by atoms with Crippen LogP contribution < -0.4 is 15.4 Å². The van der Waals surface area contributed by atoms with E-state index >= 15 is 0 Å². The lowest BCUT2D eigenvalue weighted by Crippen LogP contribution is -2.45. The molecule has 0 spiro atoms. The van der Waals surface area contributed by atoms with E-state index in [0.717, 1.165) is 45.0 Å². The summed E-state index contributed by atoms with van der Waals surface area (Å²) in [6.45, 7) is 8.70. The second kappa shape index (κ2) is 6.61. The third-order valence-corrected chi connectivity index (χ3v) is 3.36. The fourth-order valence-corrected chi connectivity index (χ4v) is 2.28. The van der Waals surface area contributed by atoms with Gasteiger partial charge in [0, 0.05) is 45.0 Å². The van der Waals surface area contributed by atoms with E-state index in [9.17, 15) is 0 Å². The molecule has 0 aliphatic carbocycles. The number of nitrogens with zero attached hydrogens (tertiary/aromatic N) is 1. The lowest BCUT2D eigenvalue weighted by Gasteiger charge is -2.27. The molecular weight excluding hydrogens is 226 g/mol. The van der Waals surface area contributed by atoms with E-state index in [2.05, 4.69) is 34.6 Å². The van der Waals surface area contributed by atoms with Gasteiger partial charge in [-0.25, -0.2) is 0 Å². The van der Waals surface area contributed by atoms with Crippen molar-refractivity contribution in [1.82, 2.24) is 10.2 Å². The number of ether oxygens (including phenoxy) is 1. The molecule has 1 fully saturated rings. The van der Waals surface area contributed by atoms with Gasteiger partial charge in [-0.05, 0) is 30.7 Å². The van der Waals surface area contributed by atoms with Crippen molar-refractivity contribution in [2.24, 2.45) is 0 Å². The van der Waals surface area contributed by atoms with Crippen LogP contribution in [-0.4, -0.2) is 51.3 Å². The number of anilines is 1. The molecule has 1 saturated heterocycles. The Balaban J connectivity index is 1.77. The molecule has 2 N–H and O–H groups in total. The van der Waals surface area contributed by atoms with Crippen molar-refractivity contribution in [2.75, 3.05) is 51.7 Å². The van der Waals surface area contributed by atoms with Crippen LogP contribution >= 0.6 is 0 Å². The standard InChI is InChI=1S/C14H23N3O/c1-12-11-13(3-4-14(12)18-2)16-7-10-17-8-5-15-6-9-17/h3-4,11,15-16H,5-10H2,1-2H3. The first kappa shape index (κ1) is 13.2. The van der Waals surface area contributed by atoms with Gasteiger partial charge < -0.3 is 15.4 Å². The van der Waals surface area contributed by atoms with E-state index in [1.54, 1.807) is 7.11 Å². The van der Waals surface area contributed by atoms with E-state index < -0.39 is 0 Å². The first-order chi connectivity index (χ1) is 8.79. The molecule has 0 aromatic heterocycles. The van der Waals surface area contributed by atoms with Crippen molar-refractivity contribution in [3.05, 3.63) is 23.8 Å². The second-order valence-electron chi connectivity index (χ2n) is 4.70. The van der Waals surface area contributed by atoms with Gasteiger partial charge in [-0.15, -0.1) is 0 Å². The zero-order valence-electron chi connectivity index (χ0n) is 11.3. The molecule has 4 nitrogen and oxygen atoms in total. The summed E-state index contributed by atoms with van der Waals surface area (Å²) in [5, 5.41) is 6.83. The van der Waals surface area contributed by atoms with Gasteiger partial charge in [-0.1, -0.05) is 0 Å². The SMILES string of the molecule is COc1ccc(NCCN2CCNCC2)cc1C. The van der Waals surface area contributed by atoms with Crippen LogP contribution in [0.3, 0.4) is 0 Å². The third kappa shape index (κ3) is 3.62. The average Bonchev–Trinajstić information content (AvgIpc) is 2.40. The Bertz CT molecular complexity index is 375. The van der Waals surface area contributed by atoms with Gasteiger partial charge in [0.2, 0.25) is 0 Å². The van der Waals surface area contributed by atoms with Crippen LogP contribution in [0.1, 0.15) is 5.56 Å². The number of hydrogen-bond donors (Lipinski definition) is 2. The quantitative estimate of drug-likeness (QED) is 0.825. The maximum atomic E-state index is 5.26. The van der Waals surface area contributed by atoms with Crippen LogP contribution in [-0.2, 0) is 0 Å². The molecule has 100 valence electrons. The summed E-state index contributed by atoms with van der Waals surface area (Å²) in [6, 6.07) is 6.22. The van der Waals surface area contributed by atoms with Crippen LogP contribution in [0.15, 0.2) is 18.2 Å². The summed E-state index contributed by atoms with van der Waals surface area (Å²) in [6.07, 6.45) is 0. The lowest BCUT2D eigenvalue weighted by molar-refractivity contribution is 0.249. The Kier molecular flexibility index (Phi) is 4.84. The minimum Gasteiger partial charge on any atom is -0.496 e. The van der Waals surface area contributed by atoms with Gasteiger partial charge in [-0.3, -0.25) is 4.90 Å². The van der Waals surface area contributed by atoms with Crippen molar-refractivity contribution in [2.45, 2.75) is 6.92 Å². The second-order valence-corrected chi connectivity index (χ2v) is 4.70. The zero-order chi connectivity index (χ0) is 12.8.